The Balaban J connectivity index is 0.00000368. The van der Waals surface area contributed by atoms with E-state index in [2.05, 4.69) is 30.2 Å². The van der Waals surface area contributed by atoms with E-state index in [4.69, 9.17) is 21.3 Å². The Labute approximate surface area is 256 Å². The number of anilines is 3. The zero-order valence-corrected chi connectivity index (χ0v) is 24.2. The van der Waals surface area contributed by atoms with Gasteiger partial charge in [0.2, 0.25) is 5.95 Å². The van der Waals surface area contributed by atoms with Gasteiger partial charge in [-0.25, -0.2) is 9.97 Å². The van der Waals surface area contributed by atoms with Crippen LogP contribution in [-0.2, 0) is 10.2 Å². The first-order chi connectivity index (χ1) is 20.2. The summed E-state index contributed by atoms with van der Waals surface area (Å²) in [6.45, 7) is 6.13. The molecular weight excluding hydrogens is 567 g/mol. The number of nitrogens with zero attached hydrogens (tertiary/aromatic N) is 5. The second-order valence-electron chi connectivity index (χ2n) is 11.6. The third-order valence-corrected chi connectivity index (χ3v) is 8.95. The summed E-state index contributed by atoms with van der Waals surface area (Å²) in [7, 11) is 2.97. The maximum atomic E-state index is 13.2. The molecule has 2 unspecified atom stereocenters. The molecule has 2 atom stereocenters. The summed E-state index contributed by atoms with van der Waals surface area (Å²) < 4.78 is 5.59. The highest BCUT2D eigenvalue weighted by Crippen LogP contribution is 2.51. The zero-order valence-electron chi connectivity index (χ0n) is 23.5. The predicted molar refractivity (Wildman–Crippen MR) is 167 cm³/mol. The van der Waals surface area contributed by atoms with Crippen molar-refractivity contribution in [1.29, 1.82) is 5.26 Å². The molecule has 1 radical (unpaired) electrons. The van der Waals surface area contributed by atoms with E-state index in [1.807, 2.05) is 10.9 Å². The second kappa shape index (κ2) is 11.5. The average Bonchev–Trinajstić information content (AvgIpc) is 3.31. The lowest BCUT2D eigenvalue weighted by atomic mass is 9.84. The van der Waals surface area contributed by atoms with Crippen LogP contribution >= 0.6 is 11.6 Å². The van der Waals surface area contributed by atoms with E-state index in [9.17, 15) is 20.0 Å². The highest BCUT2D eigenvalue weighted by Gasteiger charge is 2.56. The minimum absolute atomic E-state index is 0. The van der Waals surface area contributed by atoms with Crippen molar-refractivity contribution < 1.29 is 19.4 Å². The molecule has 2 aliphatic heterocycles. The molecule has 1 amide bonds. The molecule has 1 aliphatic carbocycles. The minimum atomic E-state index is -0.288. The van der Waals surface area contributed by atoms with E-state index < -0.39 is 0 Å². The molecule has 0 bridgehead atoms. The Kier molecular flexibility index (Phi) is 8.12. The Morgan fingerprint density at radius 2 is 2.05 bits per heavy atom. The summed E-state index contributed by atoms with van der Waals surface area (Å²) in [5.41, 5.74) is 4.05. The fraction of sp³-hybridized carbons (Fsp3) is 0.387. The number of carbonyl (C=O) groups is 2. The number of hydrogen-bond donors (Lipinski definition) is 2. The van der Waals surface area contributed by atoms with Gasteiger partial charge in [0.05, 0.1) is 34.6 Å². The smallest absolute Gasteiger partial charge is 0.329 e. The van der Waals surface area contributed by atoms with Crippen molar-refractivity contribution in [3.63, 3.8) is 0 Å². The third-order valence-electron chi connectivity index (χ3n) is 8.64. The largest absolute Gasteiger partial charge is 0.495 e. The van der Waals surface area contributed by atoms with Gasteiger partial charge >= 0.3 is 7.41 Å². The van der Waals surface area contributed by atoms with Gasteiger partial charge in [0, 0.05) is 49.1 Å². The number of methoxy groups -OCH3 is 1. The second-order valence-corrected chi connectivity index (χ2v) is 12.0. The quantitative estimate of drug-likeness (QED) is 0.288. The van der Waals surface area contributed by atoms with Crippen LogP contribution in [0.3, 0.4) is 0 Å². The first-order valence-electron chi connectivity index (χ1n) is 13.7. The number of ether oxygens (including phenoxy) is 1. The van der Waals surface area contributed by atoms with Gasteiger partial charge in [0.1, 0.15) is 18.0 Å². The van der Waals surface area contributed by atoms with E-state index in [0.717, 1.165) is 23.0 Å². The van der Waals surface area contributed by atoms with Crippen molar-refractivity contribution in [1.82, 2.24) is 14.9 Å². The maximum absolute atomic E-state index is 13.2. The number of carbonyl (C=O) groups excluding carboxylic acids is 2. The topological polar surface area (TPSA) is 132 Å². The lowest BCUT2D eigenvalue weighted by molar-refractivity contribution is 0.0760. The van der Waals surface area contributed by atoms with Gasteiger partial charge in [-0.1, -0.05) is 32.9 Å². The number of benzene rings is 2. The van der Waals surface area contributed by atoms with Crippen molar-refractivity contribution in [3.05, 3.63) is 58.2 Å². The molecule has 0 spiro atoms. The lowest BCUT2D eigenvalue weighted by Crippen LogP contribution is -2.32. The summed E-state index contributed by atoms with van der Waals surface area (Å²) in [4.78, 5) is 37.1. The molecule has 12 heteroatoms. The molecule has 10 nitrogen and oxygen atoms in total. The Morgan fingerprint density at radius 1 is 1.30 bits per heavy atom. The molecule has 1 aromatic heterocycles. The van der Waals surface area contributed by atoms with Crippen LogP contribution in [0.15, 0.2) is 36.5 Å². The summed E-state index contributed by atoms with van der Waals surface area (Å²) in [6.07, 6.45) is 2.35. The number of likely N-dealkylation sites (tertiary alicyclic amines) is 1. The molecule has 43 heavy (non-hydrogen) atoms. The van der Waals surface area contributed by atoms with Crippen LogP contribution in [0.25, 0.3) is 11.3 Å². The summed E-state index contributed by atoms with van der Waals surface area (Å²) >= 11 is 6.59. The molecule has 3 heterocycles. The number of aliphatic hydroxyl groups excluding tert-OH is 1. The number of aliphatic hydroxyl groups is 1. The van der Waals surface area contributed by atoms with Crippen molar-refractivity contribution in [2.75, 3.05) is 43.5 Å². The Hall–Kier alpha value is -4.14. The number of piperidine rings is 1. The van der Waals surface area contributed by atoms with Crippen LogP contribution in [0.5, 0.6) is 5.75 Å². The van der Waals surface area contributed by atoms with Gasteiger partial charge in [-0.2, -0.15) is 5.26 Å². The van der Waals surface area contributed by atoms with E-state index >= 15 is 0 Å². The van der Waals surface area contributed by atoms with Gasteiger partial charge in [-0.05, 0) is 53.6 Å². The summed E-state index contributed by atoms with van der Waals surface area (Å²) in [6, 6.07) is 11.1. The molecule has 2 aromatic carbocycles. The van der Waals surface area contributed by atoms with E-state index in [1.54, 1.807) is 35.4 Å². The van der Waals surface area contributed by atoms with Gasteiger partial charge in [-0.3, -0.25) is 4.79 Å². The van der Waals surface area contributed by atoms with Gasteiger partial charge in [-0.15, -0.1) is 0 Å². The number of halogens is 1. The fourth-order valence-corrected chi connectivity index (χ4v) is 6.67. The third kappa shape index (κ3) is 5.30. The monoisotopic (exact) mass is 599 g/mol. The van der Waals surface area contributed by atoms with Gasteiger partial charge < -0.3 is 29.7 Å². The molecule has 6 rings (SSSR count). The minimum Gasteiger partial charge on any atom is -0.495 e. The Morgan fingerprint density at radius 3 is 2.70 bits per heavy atom. The molecule has 1 saturated carbocycles. The van der Waals surface area contributed by atoms with E-state index in [1.165, 1.54) is 14.5 Å². The van der Waals surface area contributed by atoms with Crippen LogP contribution < -0.4 is 14.9 Å². The predicted octanol–water partition coefficient (Wildman–Crippen LogP) is 4.27. The summed E-state index contributed by atoms with van der Waals surface area (Å²) in [5, 5.41) is 22.8. The lowest BCUT2D eigenvalue weighted by Gasteiger charge is -2.21. The van der Waals surface area contributed by atoms with E-state index in [-0.39, 0.29) is 36.3 Å². The van der Waals surface area contributed by atoms with Crippen molar-refractivity contribution in [3.8, 4) is 23.1 Å². The molecule has 2 fully saturated rings. The molecular formula is C31H33BClN6O4. The van der Waals surface area contributed by atoms with Crippen LogP contribution in [0.2, 0.25) is 5.02 Å². The normalized spacial score (nSPS) is 20.8. The number of fused-ring (bicyclic) bond motifs is 2. The number of aromatic nitrogens is 2. The number of amides is 1. The fourth-order valence-electron chi connectivity index (χ4n) is 6.42. The van der Waals surface area contributed by atoms with Gasteiger partial charge in [0.15, 0.2) is 0 Å². The van der Waals surface area contributed by atoms with Crippen LogP contribution in [0.1, 0.15) is 42.8 Å². The van der Waals surface area contributed by atoms with Crippen LogP contribution in [-0.4, -0.2) is 72.8 Å². The van der Waals surface area contributed by atoms with E-state index in [0.29, 0.717) is 65.6 Å². The molecule has 3 aromatic rings. The van der Waals surface area contributed by atoms with Crippen molar-refractivity contribution in [2.45, 2.75) is 26.7 Å². The number of hydrogen-bond acceptors (Lipinski definition) is 9. The molecule has 1 saturated heterocycles. The number of nitriles is 1. The average molecular weight is 600 g/mol. The van der Waals surface area contributed by atoms with Crippen molar-refractivity contribution >= 4 is 48.4 Å². The zero-order chi connectivity index (χ0) is 29.8. The molecule has 3 aliphatic rings. The molecule has 2 N–H and O–H groups in total. The summed E-state index contributed by atoms with van der Waals surface area (Å²) in [5.74, 6) is 1.55. The first kappa shape index (κ1) is 30.3. The van der Waals surface area contributed by atoms with Crippen LogP contribution in [0.4, 0.5) is 17.3 Å². The Bertz CT molecular complexity index is 1630. The van der Waals surface area contributed by atoms with Crippen molar-refractivity contribution in [2.24, 2.45) is 17.8 Å². The first-order valence-corrected chi connectivity index (χ1v) is 14.1. The number of rotatable bonds is 8. The van der Waals surface area contributed by atoms with Crippen LogP contribution in [0, 0.1) is 29.1 Å². The standard InChI is InChI=1S/C30H29BClN6O4.CH4/c1-30(2)14-38(31-15-40)27-17(10-33)6-16(7-22(27)30)24-4-5-34-29(35-24)36-25-9-23(32)18(8-26(25)42-3)28(41)37-11-19-20(12-37)21(19)13-39;/h4-9,15,19-21,39H,11-14H2,1-3H3,(H,34,35,36);1H4. The molecule has 221 valence electrons. The maximum Gasteiger partial charge on any atom is 0.329 e. The highest BCUT2D eigenvalue weighted by molar-refractivity contribution is 6.70. The number of nitrogens with one attached hydrogen (secondary N) is 1. The SMILES string of the molecule is C.COc1cc(C(=O)N2CC3C(CO)C3C2)c(Cl)cc1Nc1nccc(-c2cc(C#N)c3c(c2)C(C)(C)CN3[B]C=O)n1. The highest BCUT2D eigenvalue weighted by atomic mass is 35.5. The van der Waals surface area contributed by atoms with Gasteiger partial charge in [0.25, 0.3) is 5.91 Å².